The minimum Gasteiger partial charge on any atom is -0.466 e. The molecule has 28 heavy (non-hydrogen) atoms. The van der Waals surface area contributed by atoms with E-state index in [0.717, 1.165) is 5.56 Å². The smallest absolute Gasteiger partial charge is 0.411 e. The number of nitrogens with zero attached hydrogens (tertiary/aromatic N) is 1. The van der Waals surface area contributed by atoms with Gasteiger partial charge in [-0.3, -0.25) is 4.79 Å². The zero-order valence-corrected chi connectivity index (χ0v) is 16.3. The fraction of sp³-hybridized carbons (Fsp3) is 0.579. The van der Waals surface area contributed by atoms with Crippen LogP contribution in [0.25, 0.3) is 0 Å². The standard InChI is InChI=1S/C19H28F3N3O3/c1-3-23-18(24-11-5-6-17(26)28-4-2)25-12-15-7-9-16(10-8-15)13-27-14-19(20,21)22/h7-10H,3-6,11-14H2,1-2H3,(H2,23,24,25). The summed E-state index contributed by atoms with van der Waals surface area (Å²) in [5.41, 5.74) is 1.59. The molecule has 0 unspecified atom stereocenters. The SMILES string of the molecule is CCNC(=NCc1ccc(COCC(F)(F)F)cc1)NCCCC(=O)OCC. The average molecular weight is 403 g/mol. The number of carbonyl (C=O) groups is 1. The van der Waals surface area contributed by atoms with E-state index >= 15 is 0 Å². The highest BCUT2D eigenvalue weighted by Gasteiger charge is 2.27. The van der Waals surface area contributed by atoms with Crippen LogP contribution >= 0.6 is 0 Å². The summed E-state index contributed by atoms with van der Waals surface area (Å²) in [5.74, 6) is 0.412. The molecule has 0 fully saturated rings. The Morgan fingerprint density at radius 1 is 1.11 bits per heavy atom. The first kappa shape index (κ1) is 23.7. The van der Waals surface area contributed by atoms with Crippen molar-refractivity contribution < 1.29 is 27.4 Å². The monoisotopic (exact) mass is 403 g/mol. The van der Waals surface area contributed by atoms with Crippen molar-refractivity contribution in [2.75, 3.05) is 26.3 Å². The van der Waals surface area contributed by atoms with Crippen molar-refractivity contribution in [3.05, 3.63) is 35.4 Å². The number of carbonyl (C=O) groups excluding carboxylic acids is 1. The van der Waals surface area contributed by atoms with Gasteiger partial charge in [0.1, 0.15) is 6.61 Å². The van der Waals surface area contributed by atoms with Crippen molar-refractivity contribution in [3.8, 4) is 0 Å². The quantitative estimate of drug-likeness (QED) is 0.257. The van der Waals surface area contributed by atoms with E-state index in [1.165, 1.54) is 0 Å². The molecule has 0 aromatic heterocycles. The van der Waals surface area contributed by atoms with Crippen LogP contribution in [0, 0.1) is 0 Å². The van der Waals surface area contributed by atoms with Gasteiger partial charge in [0.15, 0.2) is 5.96 Å². The Morgan fingerprint density at radius 2 is 1.79 bits per heavy atom. The third-order valence-electron chi connectivity index (χ3n) is 3.48. The number of hydrogen-bond acceptors (Lipinski definition) is 4. The fourth-order valence-electron chi connectivity index (χ4n) is 2.21. The molecule has 0 aliphatic rings. The maximum atomic E-state index is 12.1. The van der Waals surface area contributed by atoms with Crippen molar-refractivity contribution in [2.45, 2.75) is 46.0 Å². The molecular formula is C19H28F3N3O3. The predicted octanol–water partition coefficient (Wildman–Crippen LogP) is 3.16. The van der Waals surface area contributed by atoms with Crippen LogP contribution in [0.2, 0.25) is 0 Å². The molecule has 0 amide bonds. The number of halogens is 3. The number of aliphatic imine (C=N–C) groups is 1. The minimum absolute atomic E-state index is 0.0896. The predicted molar refractivity (Wildman–Crippen MR) is 101 cm³/mol. The number of esters is 1. The van der Waals surface area contributed by atoms with Gasteiger partial charge in [0.05, 0.1) is 19.8 Å². The van der Waals surface area contributed by atoms with Crippen molar-refractivity contribution in [2.24, 2.45) is 4.99 Å². The third-order valence-corrected chi connectivity index (χ3v) is 3.48. The summed E-state index contributed by atoms with van der Waals surface area (Å²) in [6.07, 6.45) is -3.34. The van der Waals surface area contributed by atoms with Gasteiger partial charge >= 0.3 is 12.1 Å². The minimum atomic E-state index is -4.32. The first-order chi connectivity index (χ1) is 13.3. The van der Waals surface area contributed by atoms with Gasteiger partial charge in [0.2, 0.25) is 0 Å². The van der Waals surface area contributed by atoms with E-state index in [1.54, 1.807) is 31.2 Å². The summed E-state index contributed by atoms with van der Waals surface area (Å²) >= 11 is 0. The molecule has 0 aliphatic carbocycles. The van der Waals surface area contributed by atoms with Gasteiger partial charge in [-0.2, -0.15) is 13.2 Å². The zero-order valence-electron chi connectivity index (χ0n) is 16.3. The van der Waals surface area contributed by atoms with Crippen LogP contribution in [0.3, 0.4) is 0 Å². The Balaban J connectivity index is 2.43. The van der Waals surface area contributed by atoms with E-state index in [2.05, 4.69) is 20.4 Å². The fourth-order valence-corrected chi connectivity index (χ4v) is 2.21. The highest BCUT2D eigenvalue weighted by atomic mass is 19.4. The van der Waals surface area contributed by atoms with Crippen LogP contribution in [0.4, 0.5) is 13.2 Å². The Hall–Kier alpha value is -2.29. The lowest BCUT2D eigenvalue weighted by Crippen LogP contribution is -2.37. The maximum Gasteiger partial charge on any atom is 0.411 e. The van der Waals surface area contributed by atoms with Crippen molar-refractivity contribution in [1.82, 2.24) is 10.6 Å². The van der Waals surface area contributed by atoms with Gasteiger partial charge in [-0.05, 0) is 31.4 Å². The Kier molecular flexibility index (Phi) is 11.0. The summed E-state index contributed by atoms with van der Waals surface area (Å²) in [5, 5.41) is 6.26. The van der Waals surface area contributed by atoms with Gasteiger partial charge < -0.3 is 20.1 Å². The van der Waals surface area contributed by atoms with E-state index in [0.29, 0.717) is 50.6 Å². The number of hydrogen-bond donors (Lipinski definition) is 2. The number of rotatable bonds is 11. The van der Waals surface area contributed by atoms with Crippen LogP contribution in [0.1, 0.15) is 37.8 Å². The van der Waals surface area contributed by atoms with Gasteiger partial charge in [-0.15, -0.1) is 0 Å². The van der Waals surface area contributed by atoms with Gasteiger partial charge in [0.25, 0.3) is 0 Å². The molecular weight excluding hydrogens is 375 g/mol. The number of guanidine groups is 1. The summed E-state index contributed by atoms with van der Waals surface area (Å²) in [6.45, 7) is 4.44. The van der Waals surface area contributed by atoms with Crippen LogP contribution in [-0.4, -0.2) is 44.4 Å². The molecule has 1 rings (SSSR count). The first-order valence-corrected chi connectivity index (χ1v) is 9.24. The molecule has 0 saturated heterocycles. The van der Waals surface area contributed by atoms with E-state index in [9.17, 15) is 18.0 Å². The van der Waals surface area contributed by atoms with Crippen LogP contribution in [0.5, 0.6) is 0 Å². The first-order valence-electron chi connectivity index (χ1n) is 9.24. The molecule has 0 atom stereocenters. The number of nitrogens with one attached hydrogen (secondary N) is 2. The Labute approximate surface area is 163 Å². The lowest BCUT2D eigenvalue weighted by molar-refractivity contribution is -0.176. The Bertz CT molecular complexity index is 605. The van der Waals surface area contributed by atoms with Crippen LogP contribution in [0.15, 0.2) is 29.3 Å². The van der Waals surface area contributed by atoms with Gasteiger partial charge in [-0.1, -0.05) is 24.3 Å². The molecule has 158 valence electrons. The highest BCUT2D eigenvalue weighted by molar-refractivity contribution is 5.79. The molecule has 2 N–H and O–H groups in total. The number of ether oxygens (including phenoxy) is 2. The molecule has 0 bridgehead atoms. The molecule has 0 heterocycles. The topological polar surface area (TPSA) is 72.0 Å². The number of benzene rings is 1. The molecule has 0 radical (unpaired) electrons. The second-order valence-electron chi connectivity index (χ2n) is 5.95. The lowest BCUT2D eigenvalue weighted by atomic mass is 10.1. The molecule has 6 nitrogen and oxygen atoms in total. The van der Waals surface area contributed by atoms with E-state index in [-0.39, 0.29) is 12.6 Å². The average Bonchev–Trinajstić information content (AvgIpc) is 2.63. The normalized spacial score (nSPS) is 12.0. The summed E-state index contributed by atoms with van der Waals surface area (Å²) < 4.78 is 45.7. The Morgan fingerprint density at radius 3 is 2.39 bits per heavy atom. The molecule has 1 aromatic carbocycles. The molecule has 0 spiro atoms. The van der Waals surface area contributed by atoms with Gasteiger partial charge in [-0.25, -0.2) is 4.99 Å². The van der Waals surface area contributed by atoms with Crippen molar-refractivity contribution in [1.29, 1.82) is 0 Å². The maximum absolute atomic E-state index is 12.1. The summed E-state index contributed by atoms with van der Waals surface area (Å²) in [4.78, 5) is 15.8. The van der Waals surface area contributed by atoms with E-state index in [1.807, 2.05) is 6.92 Å². The van der Waals surface area contributed by atoms with Crippen molar-refractivity contribution in [3.63, 3.8) is 0 Å². The third kappa shape index (κ3) is 11.4. The second kappa shape index (κ2) is 13.0. The molecule has 1 aromatic rings. The molecule has 9 heteroatoms. The summed E-state index contributed by atoms with van der Waals surface area (Å²) in [7, 11) is 0. The lowest BCUT2D eigenvalue weighted by Gasteiger charge is -2.11. The second-order valence-corrected chi connectivity index (χ2v) is 5.95. The van der Waals surface area contributed by atoms with E-state index in [4.69, 9.17) is 4.74 Å². The van der Waals surface area contributed by atoms with Crippen LogP contribution in [-0.2, 0) is 27.4 Å². The largest absolute Gasteiger partial charge is 0.466 e. The van der Waals surface area contributed by atoms with Crippen molar-refractivity contribution >= 4 is 11.9 Å². The molecule has 0 saturated carbocycles. The number of alkyl halides is 3. The molecule has 0 aliphatic heterocycles. The summed E-state index contributed by atoms with van der Waals surface area (Å²) in [6, 6.07) is 7.06. The highest BCUT2D eigenvalue weighted by Crippen LogP contribution is 2.16. The van der Waals surface area contributed by atoms with Crippen LogP contribution < -0.4 is 10.6 Å². The van der Waals surface area contributed by atoms with E-state index < -0.39 is 12.8 Å². The van der Waals surface area contributed by atoms with Gasteiger partial charge in [0, 0.05) is 19.5 Å². The zero-order chi connectivity index (χ0) is 20.8.